The summed E-state index contributed by atoms with van der Waals surface area (Å²) in [7, 11) is 0. The lowest BCUT2D eigenvalue weighted by Crippen LogP contribution is -1.95. The molecule has 0 fully saturated rings. The molecule has 0 atom stereocenters. The van der Waals surface area contributed by atoms with E-state index < -0.39 is 11.6 Å². The first-order valence-electron chi connectivity index (χ1n) is 5.02. The van der Waals surface area contributed by atoms with Gasteiger partial charge in [-0.2, -0.15) is 5.26 Å². The Balaban J connectivity index is 2.40. The quantitative estimate of drug-likeness (QED) is 0.827. The summed E-state index contributed by atoms with van der Waals surface area (Å²) in [5.41, 5.74) is 5.85. The largest absolute Gasteiger partial charge is 0.454 e. The lowest BCUT2D eigenvalue weighted by Gasteiger charge is -2.09. The van der Waals surface area contributed by atoms with Crippen LogP contribution < -0.4 is 10.5 Å². The van der Waals surface area contributed by atoms with Crippen LogP contribution in [-0.2, 0) is 0 Å². The van der Waals surface area contributed by atoms with Gasteiger partial charge >= 0.3 is 0 Å². The van der Waals surface area contributed by atoms with Crippen molar-refractivity contribution in [3.8, 4) is 17.6 Å². The Kier molecular flexibility index (Phi) is 3.11. The molecular weight excluding hydrogens is 238 g/mol. The minimum Gasteiger partial charge on any atom is -0.454 e. The van der Waals surface area contributed by atoms with Gasteiger partial charge in [0.15, 0.2) is 5.75 Å². The van der Waals surface area contributed by atoms with Crippen LogP contribution in [0, 0.1) is 23.0 Å². The number of halogens is 2. The molecule has 2 N–H and O–H groups in total. The van der Waals surface area contributed by atoms with Crippen LogP contribution in [-0.4, -0.2) is 0 Å². The molecule has 0 saturated carbocycles. The first-order valence-corrected chi connectivity index (χ1v) is 5.02. The highest BCUT2D eigenvalue weighted by atomic mass is 19.1. The average molecular weight is 246 g/mol. The Bertz CT molecular complexity index is 635. The van der Waals surface area contributed by atoms with E-state index in [0.29, 0.717) is 0 Å². The second-order valence-corrected chi connectivity index (χ2v) is 3.54. The maximum atomic E-state index is 13.0. The molecule has 18 heavy (non-hydrogen) atoms. The fourth-order valence-corrected chi connectivity index (χ4v) is 1.39. The highest BCUT2D eigenvalue weighted by molar-refractivity contribution is 5.55. The summed E-state index contributed by atoms with van der Waals surface area (Å²) in [4.78, 5) is 0. The Morgan fingerprint density at radius 1 is 1.00 bits per heavy atom. The molecule has 2 aromatic carbocycles. The summed E-state index contributed by atoms with van der Waals surface area (Å²) in [5, 5.41) is 8.84. The molecule has 0 radical (unpaired) electrons. The lowest BCUT2D eigenvalue weighted by molar-refractivity contribution is 0.475. The monoisotopic (exact) mass is 246 g/mol. The van der Waals surface area contributed by atoms with Crippen LogP contribution >= 0.6 is 0 Å². The number of nitriles is 1. The van der Waals surface area contributed by atoms with Crippen LogP contribution in [0.4, 0.5) is 14.5 Å². The van der Waals surface area contributed by atoms with Crippen LogP contribution in [0.15, 0.2) is 36.4 Å². The molecule has 0 aliphatic rings. The molecule has 0 saturated heterocycles. The minimum absolute atomic E-state index is 0.0126. The highest BCUT2D eigenvalue weighted by Crippen LogP contribution is 2.30. The molecule has 0 aliphatic heterocycles. The molecule has 2 aromatic rings. The van der Waals surface area contributed by atoms with Gasteiger partial charge in [0.05, 0.1) is 11.3 Å². The van der Waals surface area contributed by atoms with Gasteiger partial charge in [-0.15, -0.1) is 0 Å². The van der Waals surface area contributed by atoms with E-state index in [9.17, 15) is 8.78 Å². The van der Waals surface area contributed by atoms with E-state index in [4.69, 9.17) is 15.7 Å². The molecule has 0 unspecified atom stereocenters. The molecule has 0 amide bonds. The molecule has 0 aromatic heterocycles. The molecule has 0 aliphatic carbocycles. The summed E-state index contributed by atoms with van der Waals surface area (Å²) in [6, 6.07) is 8.90. The smallest absolute Gasteiger partial charge is 0.153 e. The molecular formula is C13H8F2N2O. The Morgan fingerprint density at radius 3 is 2.39 bits per heavy atom. The van der Waals surface area contributed by atoms with Gasteiger partial charge in [-0.1, -0.05) is 0 Å². The molecule has 2 rings (SSSR count). The van der Waals surface area contributed by atoms with Crippen molar-refractivity contribution in [1.82, 2.24) is 0 Å². The predicted octanol–water partition coefficient (Wildman–Crippen LogP) is 3.21. The van der Waals surface area contributed by atoms with Gasteiger partial charge in [0.2, 0.25) is 0 Å². The zero-order chi connectivity index (χ0) is 13.1. The average Bonchev–Trinajstić information content (AvgIpc) is 2.36. The molecule has 90 valence electrons. The fourth-order valence-electron chi connectivity index (χ4n) is 1.39. The lowest BCUT2D eigenvalue weighted by atomic mass is 10.2. The van der Waals surface area contributed by atoms with Gasteiger partial charge in [-0.3, -0.25) is 0 Å². The first-order chi connectivity index (χ1) is 8.60. The number of ether oxygens (including phenoxy) is 1. The number of hydrogen-bond acceptors (Lipinski definition) is 3. The van der Waals surface area contributed by atoms with Crippen LogP contribution in [0.1, 0.15) is 5.56 Å². The highest BCUT2D eigenvalue weighted by Gasteiger charge is 2.09. The third kappa shape index (κ3) is 2.38. The van der Waals surface area contributed by atoms with Gasteiger partial charge in [-0.05, 0) is 30.3 Å². The Labute approximate surface area is 102 Å². The molecule has 5 heteroatoms. The summed E-state index contributed by atoms with van der Waals surface area (Å²) in [6.45, 7) is 0. The van der Waals surface area contributed by atoms with Crippen molar-refractivity contribution in [1.29, 1.82) is 5.26 Å². The standard InChI is InChI=1S/C13H8F2N2O/c14-9-2-4-12(8(5-9)7-16)18-13-6-10(15)1-3-11(13)17/h1-6H,17H2. The second-order valence-electron chi connectivity index (χ2n) is 3.54. The molecule has 0 bridgehead atoms. The van der Waals surface area contributed by atoms with E-state index in [2.05, 4.69) is 0 Å². The van der Waals surface area contributed by atoms with Gasteiger partial charge in [-0.25, -0.2) is 8.78 Å². The van der Waals surface area contributed by atoms with Crippen LogP contribution in [0.2, 0.25) is 0 Å². The SMILES string of the molecule is N#Cc1cc(F)ccc1Oc1cc(F)ccc1N. The van der Waals surface area contributed by atoms with Crippen LogP contribution in [0.5, 0.6) is 11.5 Å². The van der Waals surface area contributed by atoms with E-state index >= 15 is 0 Å². The van der Waals surface area contributed by atoms with Crippen molar-refractivity contribution in [3.05, 3.63) is 53.6 Å². The number of nitrogen functional groups attached to an aromatic ring is 1. The maximum Gasteiger partial charge on any atom is 0.153 e. The summed E-state index contributed by atoms with van der Waals surface area (Å²) >= 11 is 0. The number of benzene rings is 2. The third-order valence-corrected chi connectivity index (χ3v) is 2.26. The van der Waals surface area contributed by atoms with Crippen molar-refractivity contribution in [2.75, 3.05) is 5.73 Å². The van der Waals surface area contributed by atoms with Crippen molar-refractivity contribution in [2.45, 2.75) is 0 Å². The number of nitrogens with two attached hydrogens (primary N) is 1. The van der Waals surface area contributed by atoms with E-state index in [0.717, 1.165) is 18.2 Å². The summed E-state index contributed by atoms with van der Waals surface area (Å²) in [5.74, 6) is -0.861. The van der Waals surface area contributed by atoms with Gasteiger partial charge < -0.3 is 10.5 Å². The zero-order valence-corrected chi connectivity index (χ0v) is 9.15. The normalized spacial score (nSPS) is 9.83. The van der Waals surface area contributed by atoms with Crippen molar-refractivity contribution < 1.29 is 13.5 Å². The number of rotatable bonds is 2. The fraction of sp³-hybridized carbons (Fsp3) is 0. The molecule has 3 nitrogen and oxygen atoms in total. The van der Waals surface area contributed by atoms with Crippen LogP contribution in [0.3, 0.4) is 0 Å². The molecule has 0 heterocycles. The van der Waals surface area contributed by atoms with Crippen molar-refractivity contribution in [2.24, 2.45) is 0 Å². The van der Waals surface area contributed by atoms with Crippen molar-refractivity contribution >= 4 is 5.69 Å². The maximum absolute atomic E-state index is 13.0. The first kappa shape index (κ1) is 11.9. The second kappa shape index (κ2) is 4.72. The minimum atomic E-state index is -0.550. The Hall–Kier alpha value is -2.61. The summed E-state index contributed by atoms with van der Waals surface area (Å²) in [6.07, 6.45) is 0. The van der Waals surface area contributed by atoms with E-state index in [1.165, 1.54) is 18.2 Å². The zero-order valence-electron chi connectivity index (χ0n) is 9.15. The van der Waals surface area contributed by atoms with E-state index in [1.54, 1.807) is 6.07 Å². The van der Waals surface area contributed by atoms with Gasteiger partial charge in [0.25, 0.3) is 0 Å². The third-order valence-electron chi connectivity index (χ3n) is 2.26. The topological polar surface area (TPSA) is 59.0 Å². The van der Waals surface area contributed by atoms with Crippen LogP contribution in [0.25, 0.3) is 0 Å². The van der Waals surface area contributed by atoms with Gasteiger partial charge in [0, 0.05) is 6.07 Å². The number of nitrogens with zero attached hydrogens (tertiary/aromatic N) is 1. The Morgan fingerprint density at radius 2 is 1.67 bits per heavy atom. The number of hydrogen-bond donors (Lipinski definition) is 1. The number of anilines is 1. The van der Waals surface area contributed by atoms with E-state index in [1.807, 2.05) is 0 Å². The summed E-state index contributed by atoms with van der Waals surface area (Å²) < 4.78 is 31.3. The molecule has 0 spiro atoms. The van der Waals surface area contributed by atoms with E-state index in [-0.39, 0.29) is 22.7 Å². The predicted molar refractivity (Wildman–Crippen MR) is 62.0 cm³/mol. The van der Waals surface area contributed by atoms with Gasteiger partial charge in [0.1, 0.15) is 23.5 Å². The van der Waals surface area contributed by atoms with Crippen molar-refractivity contribution in [3.63, 3.8) is 0 Å².